The minimum Gasteiger partial charge on any atom is -0.455 e. The van der Waals surface area contributed by atoms with Crippen molar-refractivity contribution in [1.29, 1.82) is 0 Å². The molecule has 26 heavy (non-hydrogen) atoms. The molecule has 9 heteroatoms. The normalized spacial score (nSPS) is 27.7. The van der Waals surface area contributed by atoms with Crippen LogP contribution in [0.15, 0.2) is 41.8 Å². The maximum Gasteiger partial charge on any atom is 0.315 e. The standard InChI is InChI=1S/C17H17Cl2NO5S/c1-16(11-17(16,18)19)15(22)25-9-14(21)20(12-5-3-2-4-6-12)13-7-8-26(23,24)10-13/h2-8,13H,9-11H2,1H3. The van der Waals surface area contributed by atoms with Crippen molar-refractivity contribution < 1.29 is 22.7 Å². The number of carbonyl (C=O) groups excluding carboxylic acids is 2. The number of hydrogen-bond donors (Lipinski definition) is 0. The van der Waals surface area contributed by atoms with Crippen molar-refractivity contribution in [2.24, 2.45) is 5.41 Å². The summed E-state index contributed by atoms with van der Waals surface area (Å²) in [6, 6.07) is 7.95. The van der Waals surface area contributed by atoms with E-state index < -0.39 is 44.1 Å². The van der Waals surface area contributed by atoms with Crippen LogP contribution in [0.4, 0.5) is 5.69 Å². The second kappa shape index (κ2) is 6.55. The molecule has 0 radical (unpaired) electrons. The van der Waals surface area contributed by atoms with Gasteiger partial charge < -0.3 is 9.64 Å². The number of nitrogens with zero attached hydrogens (tertiary/aromatic N) is 1. The quantitative estimate of drug-likeness (QED) is 0.542. The Labute approximate surface area is 161 Å². The van der Waals surface area contributed by atoms with Crippen LogP contribution in [0.2, 0.25) is 0 Å². The Hall–Kier alpha value is -1.57. The molecule has 1 aliphatic carbocycles. The molecule has 1 aromatic rings. The Morgan fingerprint density at radius 1 is 1.27 bits per heavy atom. The van der Waals surface area contributed by atoms with Crippen molar-refractivity contribution in [1.82, 2.24) is 0 Å². The van der Waals surface area contributed by atoms with Crippen molar-refractivity contribution in [2.75, 3.05) is 17.3 Å². The monoisotopic (exact) mass is 417 g/mol. The molecule has 1 fully saturated rings. The molecule has 0 aromatic heterocycles. The van der Waals surface area contributed by atoms with Gasteiger partial charge in [-0.25, -0.2) is 8.42 Å². The summed E-state index contributed by atoms with van der Waals surface area (Å²) >= 11 is 11.9. The van der Waals surface area contributed by atoms with E-state index in [9.17, 15) is 18.0 Å². The van der Waals surface area contributed by atoms with Gasteiger partial charge in [0.25, 0.3) is 5.91 Å². The number of halogens is 2. The van der Waals surface area contributed by atoms with Crippen LogP contribution < -0.4 is 4.90 Å². The molecule has 0 spiro atoms. The zero-order chi connectivity index (χ0) is 19.2. The fourth-order valence-electron chi connectivity index (χ4n) is 2.81. The highest BCUT2D eigenvalue weighted by Gasteiger charge is 2.69. The third-order valence-corrected chi connectivity index (χ3v) is 7.06. The number of amides is 1. The van der Waals surface area contributed by atoms with Gasteiger partial charge in [-0.05, 0) is 25.1 Å². The van der Waals surface area contributed by atoms with Crippen LogP contribution >= 0.6 is 23.2 Å². The Balaban J connectivity index is 1.74. The first-order valence-electron chi connectivity index (χ1n) is 7.89. The van der Waals surface area contributed by atoms with Crippen LogP contribution in [0.1, 0.15) is 13.3 Å². The number of benzene rings is 1. The third kappa shape index (κ3) is 3.61. The highest BCUT2D eigenvalue weighted by atomic mass is 35.5. The van der Waals surface area contributed by atoms with Crippen molar-refractivity contribution in [3.63, 3.8) is 0 Å². The molecule has 1 heterocycles. The highest BCUT2D eigenvalue weighted by Crippen LogP contribution is 2.64. The molecular formula is C17H17Cl2NO5S. The molecule has 1 amide bonds. The van der Waals surface area contributed by atoms with Gasteiger partial charge in [-0.2, -0.15) is 0 Å². The van der Waals surface area contributed by atoms with Gasteiger partial charge in [0.05, 0.1) is 11.8 Å². The molecule has 1 saturated carbocycles. The van der Waals surface area contributed by atoms with E-state index in [1.165, 1.54) is 11.0 Å². The van der Waals surface area contributed by atoms with Crippen LogP contribution in [0.5, 0.6) is 0 Å². The van der Waals surface area contributed by atoms with Crippen LogP contribution in [-0.2, 0) is 24.2 Å². The number of para-hydroxylation sites is 1. The summed E-state index contributed by atoms with van der Waals surface area (Å²) in [5.74, 6) is -1.40. The van der Waals surface area contributed by atoms with Gasteiger partial charge in [0.2, 0.25) is 0 Å². The number of ether oxygens (including phenoxy) is 1. The molecular weight excluding hydrogens is 401 g/mol. The average Bonchev–Trinajstić information content (AvgIpc) is 2.90. The predicted molar refractivity (Wildman–Crippen MR) is 98.8 cm³/mol. The Morgan fingerprint density at radius 3 is 2.38 bits per heavy atom. The second-order valence-electron chi connectivity index (χ2n) is 6.61. The van der Waals surface area contributed by atoms with Gasteiger partial charge in [0, 0.05) is 17.5 Å². The summed E-state index contributed by atoms with van der Waals surface area (Å²) in [6.07, 6.45) is 1.70. The third-order valence-electron chi connectivity index (χ3n) is 4.58. The summed E-state index contributed by atoms with van der Waals surface area (Å²) in [5.41, 5.74) is -0.521. The Bertz CT molecular complexity index is 868. The zero-order valence-corrected chi connectivity index (χ0v) is 16.2. The number of hydrogen-bond acceptors (Lipinski definition) is 5. The van der Waals surface area contributed by atoms with Crippen LogP contribution in [-0.4, -0.2) is 43.0 Å². The van der Waals surface area contributed by atoms with E-state index in [0.29, 0.717) is 5.69 Å². The molecule has 2 atom stereocenters. The lowest BCUT2D eigenvalue weighted by Crippen LogP contribution is -2.43. The smallest absolute Gasteiger partial charge is 0.315 e. The lowest BCUT2D eigenvalue weighted by molar-refractivity contribution is -0.153. The zero-order valence-electron chi connectivity index (χ0n) is 13.9. The van der Waals surface area contributed by atoms with Crippen molar-refractivity contribution in [2.45, 2.75) is 23.7 Å². The number of esters is 1. The molecule has 2 aliphatic rings. The molecule has 0 N–H and O–H groups in total. The first kappa shape index (κ1) is 19.2. The summed E-state index contributed by atoms with van der Waals surface area (Å²) in [7, 11) is -3.36. The fraction of sp³-hybridized carbons (Fsp3) is 0.412. The molecule has 0 bridgehead atoms. The SMILES string of the molecule is CC1(C(=O)OCC(=O)N(c2ccccc2)C2C=CS(=O)(=O)C2)CC1(Cl)Cl. The second-order valence-corrected chi connectivity index (χ2v) is 10.0. The van der Waals surface area contributed by atoms with Crippen LogP contribution in [0.25, 0.3) is 0 Å². The Morgan fingerprint density at radius 2 is 1.88 bits per heavy atom. The first-order valence-corrected chi connectivity index (χ1v) is 10.4. The van der Waals surface area contributed by atoms with E-state index in [-0.39, 0.29) is 12.2 Å². The maximum atomic E-state index is 12.7. The van der Waals surface area contributed by atoms with Gasteiger partial charge in [-0.3, -0.25) is 9.59 Å². The number of alkyl halides is 2. The van der Waals surface area contributed by atoms with Crippen LogP contribution in [0, 0.1) is 5.41 Å². The fourth-order valence-corrected chi connectivity index (χ4v) is 4.76. The van der Waals surface area contributed by atoms with E-state index in [4.69, 9.17) is 27.9 Å². The first-order chi connectivity index (χ1) is 12.1. The van der Waals surface area contributed by atoms with Gasteiger partial charge >= 0.3 is 5.97 Å². The maximum absolute atomic E-state index is 12.7. The largest absolute Gasteiger partial charge is 0.455 e. The summed E-state index contributed by atoms with van der Waals surface area (Å²) in [6.45, 7) is 1.04. The average molecular weight is 418 g/mol. The molecule has 1 aliphatic heterocycles. The van der Waals surface area contributed by atoms with Gasteiger partial charge in [0.1, 0.15) is 9.75 Å². The van der Waals surface area contributed by atoms with E-state index >= 15 is 0 Å². The number of anilines is 1. The summed E-state index contributed by atoms with van der Waals surface area (Å²) in [4.78, 5) is 26.2. The number of carbonyl (C=O) groups is 2. The minimum atomic E-state index is -3.36. The lowest BCUT2D eigenvalue weighted by atomic mass is 10.1. The molecule has 1 aromatic carbocycles. The number of sulfone groups is 1. The Kier molecular flexibility index (Phi) is 4.83. The van der Waals surface area contributed by atoms with Crippen LogP contribution in [0.3, 0.4) is 0 Å². The predicted octanol–water partition coefficient (Wildman–Crippen LogP) is 2.46. The molecule has 3 rings (SSSR count). The van der Waals surface area contributed by atoms with Gasteiger partial charge in [0.15, 0.2) is 16.4 Å². The van der Waals surface area contributed by atoms with Crippen molar-refractivity contribution in [3.8, 4) is 0 Å². The van der Waals surface area contributed by atoms with E-state index in [1.54, 1.807) is 37.3 Å². The van der Waals surface area contributed by atoms with Gasteiger partial charge in [-0.1, -0.05) is 18.2 Å². The van der Waals surface area contributed by atoms with Crippen molar-refractivity contribution in [3.05, 3.63) is 41.8 Å². The summed E-state index contributed by atoms with van der Waals surface area (Å²) in [5, 5.41) is 1.09. The van der Waals surface area contributed by atoms with Gasteiger partial charge in [-0.15, -0.1) is 23.2 Å². The lowest BCUT2D eigenvalue weighted by Gasteiger charge is -2.27. The van der Waals surface area contributed by atoms with Crippen molar-refractivity contribution >= 4 is 50.6 Å². The summed E-state index contributed by atoms with van der Waals surface area (Å²) < 4.78 is 27.4. The molecule has 2 unspecified atom stereocenters. The van der Waals surface area contributed by atoms with E-state index in [0.717, 1.165) is 5.41 Å². The molecule has 6 nitrogen and oxygen atoms in total. The molecule has 0 saturated heterocycles. The van der Waals surface area contributed by atoms with E-state index in [2.05, 4.69) is 0 Å². The van der Waals surface area contributed by atoms with E-state index in [1.807, 2.05) is 0 Å². The molecule has 140 valence electrons. The number of rotatable bonds is 5. The minimum absolute atomic E-state index is 0.217. The highest BCUT2D eigenvalue weighted by molar-refractivity contribution is 7.94. The topological polar surface area (TPSA) is 80.8 Å².